The number of aromatic nitrogens is 1. The van der Waals surface area contributed by atoms with Crippen LogP contribution in [0, 0.1) is 12.8 Å². The molecule has 5 nitrogen and oxygen atoms in total. The van der Waals surface area contributed by atoms with Crippen molar-refractivity contribution in [2.24, 2.45) is 5.92 Å². The fourth-order valence-corrected chi connectivity index (χ4v) is 3.44. The Hall–Kier alpha value is -1.92. The quantitative estimate of drug-likeness (QED) is 0.922. The Morgan fingerprint density at radius 2 is 2.26 bits per heavy atom. The number of amides is 2. The van der Waals surface area contributed by atoms with Gasteiger partial charge in [-0.2, -0.15) is 0 Å². The Kier molecular flexibility index (Phi) is 4.63. The van der Waals surface area contributed by atoms with Crippen LogP contribution < -0.4 is 5.32 Å². The number of rotatable bonds is 4. The van der Waals surface area contributed by atoms with Crippen molar-refractivity contribution in [1.29, 1.82) is 0 Å². The van der Waals surface area contributed by atoms with Crippen molar-refractivity contribution in [3.8, 4) is 0 Å². The summed E-state index contributed by atoms with van der Waals surface area (Å²) in [5, 5.41) is 5.86. The van der Waals surface area contributed by atoms with Gasteiger partial charge in [0.05, 0.1) is 11.6 Å². The molecular weight excluding hydrogens is 334 g/mol. The number of hydrogen-bond donors (Lipinski definition) is 1. The Morgan fingerprint density at radius 1 is 1.48 bits per heavy atom. The van der Waals surface area contributed by atoms with E-state index in [0.717, 1.165) is 11.3 Å². The summed E-state index contributed by atoms with van der Waals surface area (Å²) in [6.07, 6.45) is 0.223. The summed E-state index contributed by atoms with van der Waals surface area (Å²) in [7, 11) is 0. The van der Waals surface area contributed by atoms with Crippen LogP contribution >= 0.6 is 22.9 Å². The molecule has 7 heteroatoms. The third-order valence-electron chi connectivity index (χ3n) is 3.75. The molecule has 1 saturated heterocycles. The molecule has 1 fully saturated rings. The van der Waals surface area contributed by atoms with Gasteiger partial charge in [0.25, 0.3) is 0 Å². The van der Waals surface area contributed by atoms with Gasteiger partial charge in [-0.25, -0.2) is 4.98 Å². The van der Waals surface area contributed by atoms with E-state index in [4.69, 9.17) is 11.6 Å². The highest BCUT2D eigenvalue weighted by Crippen LogP contribution is 2.25. The molecule has 0 spiro atoms. The van der Waals surface area contributed by atoms with Crippen LogP contribution in [-0.4, -0.2) is 28.2 Å². The van der Waals surface area contributed by atoms with Crippen molar-refractivity contribution in [2.75, 3.05) is 11.9 Å². The van der Waals surface area contributed by atoms with Gasteiger partial charge in [-0.3, -0.25) is 9.59 Å². The fraction of sp³-hybridized carbons (Fsp3) is 0.312. The zero-order chi connectivity index (χ0) is 16.4. The van der Waals surface area contributed by atoms with Gasteiger partial charge in [-0.05, 0) is 18.6 Å². The first-order valence-corrected chi connectivity index (χ1v) is 8.53. The van der Waals surface area contributed by atoms with Crippen LogP contribution in [0.25, 0.3) is 0 Å². The molecule has 1 atom stereocenters. The lowest BCUT2D eigenvalue weighted by Crippen LogP contribution is -2.28. The molecule has 0 bridgehead atoms. The molecule has 0 aliphatic carbocycles. The molecule has 3 rings (SSSR count). The van der Waals surface area contributed by atoms with Crippen LogP contribution in [0.2, 0.25) is 5.02 Å². The van der Waals surface area contributed by atoms with E-state index in [1.165, 1.54) is 11.3 Å². The van der Waals surface area contributed by atoms with E-state index in [2.05, 4.69) is 10.3 Å². The molecule has 2 aromatic rings. The minimum Gasteiger partial charge on any atom is -0.337 e. The minimum atomic E-state index is -0.353. The van der Waals surface area contributed by atoms with E-state index in [9.17, 15) is 9.59 Å². The number of carbonyl (C=O) groups is 2. The number of nitrogens with one attached hydrogen (secondary N) is 1. The van der Waals surface area contributed by atoms with Crippen LogP contribution in [0.3, 0.4) is 0 Å². The largest absolute Gasteiger partial charge is 0.337 e. The maximum absolute atomic E-state index is 12.3. The van der Waals surface area contributed by atoms with Crippen molar-refractivity contribution >= 4 is 39.9 Å². The highest BCUT2D eigenvalue weighted by Gasteiger charge is 2.34. The van der Waals surface area contributed by atoms with Crippen LogP contribution in [0.1, 0.15) is 17.7 Å². The zero-order valence-electron chi connectivity index (χ0n) is 12.6. The predicted octanol–water partition coefficient (Wildman–Crippen LogP) is 3.09. The fourth-order valence-electron chi connectivity index (χ4n) is 2.55. The van der Waals surface area contributed by atoms with Crippen molar-refractivity contribution in [3.05, 3.63) is 45.9 Å². The summed E-state index contributed by atoms with van der Waals surface area (Å²) >= 11 is 7.52. The third kappa shape index (κ3) is 3.71. The first kappa shape index (κ1) is 16.0. The third-order valence-corrected chi connectivity index (χ3v) is 5.00. The maximum atomic E-state index is 12.3. The molecule has 120 valence electrons. The molecule has 2 heterocycles. The molecule has 1 aliphatic rings. The molecule has 1 aromatic heterocycles. The van der Waals surface area contributed by atoms with Gasteiger partial charge in [0.15, 0.2) is 5.13 Å². The van der Waals surface area contributed by atoms with Crippen molar-refractivity contribution in [2.45, 2.75) is 19.9 Å². The Bertz CT molecular complexity index is 746. The lowest BCUT2D eigenvalue weighted by Gasteiger charge is -2.17. The average molecular weight is 350 g/mol. The van der Waals surface area contributed by atoms with Crippen molar-refractivity contribution in [3.63, 3.8) is 0 Å². The molecule has 0 saturated carbocycles. The zero-order valence-corrected chi connectivity index (χ0v) is 14.2. The number of nitrogens with zero attached hydrogens (tertiary/aromatic N) is 2. The van der Waals surface area contributed by atoms with Crippen LogP contribution in [0.15, 0.2) is 29.6 Å². The highest BCUT2D eigenvalue weighted by atomic mass is 35.5. The van der Waals surface area contributed by atoms with E-state index < -0.39 is 0 Å². The van der Waals surface area contributed by atoms with Gasteiger partial charge in [0.1, 0.15) is 0 Å². The molecule has 1 aromatic carbocycles. The maximum Gasteiger partial charge on any atom is 0.231 e. The lowest BCUT2D eigenvalue weighted by molar-refractivity contribution is -0.128. The predicted molar refractivity (Wildman–Crippen MR) is 90.5 cm³/mol. The van der Waals surface area contributed by atoms with E-state index in [0.29, 0.717) is 23.2 Å². The molecular formula is C16H16ClN3O2S. The number of likely N-dealkylation sites (tertiary alicyclic amines) is 1. The lowest BCUT2D eigenvalue weighted by atomic mass is 10.1. The smallest absolute Gasteiger partial charge is 0.231 e. The summed E-state index contributed by atoms with van der Waals surface area (Å²) < 4.78 is 0. The van der Waals surface area contributed by atoms with Crippen LogP contribution in [0.5, 0.6) is 0 Å². The van der Waals surface area contributed by atoms with E-state index in [-0.39, 0.29) is 24.2 Å². The van der Waals surface area contributed by atoms with Crippen LogP contribution in [-0.2, 0) is 16.1 Å². The Labute approximate surface area is 143 Å². The normalized spacial score (nSPS) is 17.6. The molecule has 1 aliphatic heterocycles. The van der Waals surface area contributed by atoms with E-state index >= 15 is 0 Å². The topological polar surface area (TPSA) is 62.3 Å². The second kappa shape index (κ2) is 6.68. The van der Waals surface area contributed by atoms with Gasteiger partial charge in [-0.1, -0.05) is 29.8 Å². The standard InChI is InChI=1S/C16H16ClN3O2S/c1-10-9-23-16(18-10)19-15(22)12-6-14(21)20(8-12)7-11-4-2-3-5-13(11)17/h2-5,9,12H,6-8H2,1H3,(H,18,19,22). The second-order valence-electron chi connectivity index (χ2n) is 5.55. The van der Waals surface area contributed by atoms with Crippen LogP contribution in [0.4, 0.5) is 5.13 Å². The molecule has 23 heavy (non-hydrogen) atoms. The first-order chi connectivity index (χ1) is 11.0. The molecule has 2 amide bonds. The summed E-state index contributed by atoms with van der Waals surface area (Å²) in [6, 6.07) is 7.43. The molecule has 0 radical (unpaired) electrons. The second-order valence-corrected chi connectivity index (χ2v) is 6.82. The van der Waals surface area contributed by atoms with Gasteiger partial charge < -0.3 is 10.2 Å². The Balaban J connectivity index is 1.63. The summed E-state index contributed by atoms with van der Waals surface area (Å²) in [5.74, 6) is -0.538. The van der Waals surface area contributed by atoms with Crippen molar-refractivity contribution < 1.29 is 9.59 Å². The van der Waals surface area contributed by atoms with Gasteiger partial charge >= 0.3 is 0 Å². The molecule has 1 N–H and O–H groups in total. The number of benzene rings is 1. The number of aryl methyl sites for hydroxylation is 1. The number of halogens is 1. The Morgan fingerprint density at radius 3 is 2.96 bits per heavy atom. The monoisotopic (exact) mass is 349 g/mol. The molecule has 1 unspecified atom stereocenters. The number of anilines is 1. The van der Waals surface area contributed by atoms with E-state index in [1.807, 2.05) is 30.5 Å². The van der Waals surface area contributed by atoms with E-state index in [1.54, 1.807) is 11.0 Å². The summed E-state index contributed by atoms with van der Waals surface area (Å²) in [6.45, 7) is 2.70. The number of carbonyl (C=O) groups excluding carboxylic acids is 2. The number of hydrogen-bond acceptors (Lipinski definition) is 4. The summed E-state index contributed by atoms with van der Waals surface area (Å²) in [5.41, 5.74) is 1.76. The minimum absolute atomic E-state index is 0.0274. The highest BCUT2D eigenvalue weighted by molar-refractivity contribution is 7.13. The van der Waals surface area contributed by atoms with Gasteiger partial charge in [-0.15, -0.1) is 11.3 Å². The van der Waals surface area contributed by atoms with Gasteiger partial charge in [0, 0.05) is 29.9 Å². The first-order valence-electron chi connectivity index (χ1n) is 7.27. The van der Waals surface area contributed by atoms with Crippen molar-refractivity contribution in [1.82, 2.24) is 9.88 Å². The van der Waals surface area contributed by atoms with Gasteiger partial charge in [0.2, 0.25) is 11.8 Å². The number of thiazole rings is 1. The SMILES string of the molecule is Cc1csc(NC(=O)C2CC(=O)N(Cc3ccccc3Cl)C2)n1. The summed E-state index contributed by atoms with van der Waals surface area (Å²) in [4.78, 5) is 30.3. The average Bonchev–Trinajstić information content (AvgIpc) is 3.08.